The zero-order valence-electron chi connectivity index (χ0n) is 12.1. The summed E-state index contributed by atoms with van der Waals surface area (Å²) in [6.45, 7) is 3.91. The van der Waals surface area contributed by atoms with Gasteiger partial charge >= 0.3 is 0 Å². The summed E-state index contributed by atoms with van der Waals surface area (Å²) >= 11 is 9.52. The minimum atomic E-state index is -0.0927. The molecule has 0 heterocycles. The van der Waals surface area contributed by atoms with E-state index in [0.29, 0.717) is 10.8 Å². The summed E-state index contributed by atoms with van der Waals surface area (Å²) in [5, 5.41) is 14.0. The van der Waals surface area contributed by atoms with Gasteiger partial charge in [0.25, 0.3) is 0 Å². The second-order valence-electron chi connectivity index (χ2n) is 4.90. The maximum atomic E-state index is 10.1. The Balaban J connectivity index is 2.33. The van der Waals surface area contributed by atoms with Crippen molar-refractivity contribution < 1.29 is 9.84 Å². The van der Waals surface area contributed by atoms with E-state index in [1.54, 1.807) is 25.3 Å². The Labute approximate surface area is 138 Å². The maximum absolute atomic E-state index is 10.1. The Morgan fingerprint density at radius 2 is 2.00 bits per heavy atom. The van der Waals surface area contributed by atoms with Gasteiger partial charge in [-0.05, 0) is 53.5 Å². The highest BCUT2D eigenvalue weighted by atomic mass is 79.9. The number of halogens is 2. The molecule has 0 aliphatic rings. The van der Waals surface area contributed by atoms with Crippen LogP contribution in [0.25, 0.3) is 0 Å². The van der Waals surface area contributed by atoms with Gasteiger partial charge in [0.1, 0.15) is 5.75 Å². The number of phenolic OH excluding ortho intramolecular Hbond substituents is 1. The zero-order chi connectivity index (χ0) is 15.6. The first-order chi connectivity index (χ1) is 9.92. The fourth-order valence-corrected chi connectivity index (χ4v) is 3.18. The fraction of sp³-hybridized carbons (Fsp3) is 0.250. The molecule has 0 aromatic heterocycles. The van der Waals surface area contributed by atoms with E-state index in [2.05, 4.69) is 21.2 Å². The Morgan fingerprint density at radius 1 is 1.29 bits per heavy atom. The molecular weight excluding hydrogens is 354 g/mol. The highest BCUT2D eigenvalue weighted by molar-refractivity contribution is 9.10. The van der Waals surface area contributed by atoms with Crippen molar-refractivity contribution in [1.82, 2.24) is 0 Å². The van der Waals surface area contributed by atoms with Crippen LogP contribution < -0.4 is 10.1 Å². The molecule has 0 amide bonds. The van der Waals surface area contributed by atoms with E-state index < -0.39 is 0 Å². The van der Waals surface area contributed by atoms with Gasteiger partial charge in [-0.15, -0.1) is 0 Å². The van der Waals surface area contributed by atoms with E-state index in [9.17, 15) is 5.11 Å². The van der Waals surface area contributed by atoms with Crippen LogP contribution in [0.15, 0.2) is 34.8 Å². The lowest BCUT2D eigenvalue weighted by molar-refractivity contribution is 0.413. The van der Waals surface area contributed by atoms with Crippen molar-refractivity contribution in [3.63, 3.8) is 0 Å². The molecule has 0 bridgehead atoms. The molecular formula is C16H17BrClNO2. The second-order valence-corrected chi connectivity index (χ2v) is 6.19. The second kappa shape index (κ2) is 6.58. The fourth-order valence-electron chi connectivity index (χ4n) is 2.21. The third kappa shape index (κ3) is 3.63. The summed E-state index contributed by atoms with van der Waals surface area (Å²) in [6.07, 6.45) is 0. The van der Waals surface area contributed by atoms with Crippen LogP contribution in [0.2, 0.25) is 5.02 Å². The van der Waals surface area contributed by atoms with Crippen LogP contribution in [0, 0.1) is 6.92 Å². The molecule has 3 nitrogen and oxygen atoms in total. The first-order valence-corrected chi connectivity index (χ1v) is 7.68. The quantitative estimate of drug-likeness (QED) is 0.767. The normalized spacial score (nSPS) is 12.0. The molecule has 0 radical (unpaired) electrons. The summed E-state index contributed by atoms with van der Waals surface area (Å²) in [7, 11) is 1.60. The van der Waals surface area contributed by atoms with Crippen molar-refractivity contribution in [3.8, 4) is 11.5 Å². The molecule has 2 N–H and O–H groups in total. The molecule has 0 aliphatic heterocycles. The molecule has 0 fully saturated rings. The van der Waals surface area contributed by atoms with E-state index in [1.807, 2.05) is 26.0 Å². The molecule has 1 unspecified atom stereocenters. The highest BCUT2D eigenvalue weighted by Crippen LogP contribution is 2.38. The standard InChI is InChI=1S/C16H17BrClNO2/c1-9-4-5-12(15(20)6-9)10(2)19-14-8-11(18)7-13(17)16(14)21-3/h4-8,10,19-20H,1-3H3. The number of anilines is 1. The first kappa shape index (κ1) is 16.0. The van der Waals surface area contributed by atoms with E-state index in [0.717, 1.165) is 21.3 Å². The van der Waals surface area contributed by atoms with Crippen molar-refractivity contribution in [2.24, 2.45) is 0 Å². The number of benzene rings is 2. The van der Waals surface area contributed by atoms with Gasteiger partial charge in [-0.2, -0.15) is 0 Å². The molecule has 112 valence electrons. The minimum absolute atomic E-state index is 0.0927. The van der Waals surface area contributed by atoms with Crippen molar-refractivity contribution in [2.75, 3.05) is 12.4 Å². The molecule has 1 atom stereocenters. The van der Waals surface area contributed by atoms with Gasteiger partial charge in [-0.3, -0.25) is 0 Å². The SMILES string of the molecule is COc1c(Br)cc(Cl)cc1NC(C)c1ccc(C)cc1O. The number of methoxy groups -OCH3 is 1. The van der Waals surface area contributed by atoms with Crippen LogP contribution in [-0.4, -0.2) is 12.2 Å². The van der Waals surface area contributed by atoms with Gasteiger partial charge in [0.05, 0.1) is 23.3 Å². The first-order valence-electron chi connectivity index (χ1n) is 6.51. The number of aryl methyl sites for hydroxylation is 1. The van der Waals surface area contributed by atoms with Crippen molar-refractivity contribution in [1.29, 1.82) is 0 Å². The molecule has 0 aliphatic carbocycles. The van der Waals surface area contributed by atoms with E-state index in [1.165, 1.54) is 0 Å². The average molecular weight is 371 g/mol. The summed E-state index contributed by atoms with van der Waals surface area (Å²) in [5.74, 6) is 0.952. The number of aromatic hydroxyl groups is 1. The van der Waals surface area contributed by atoms with Gasteiger partial charge in [-0.1, -0.05) is 23.7 Å². The molecule has 0 spiro atoms. The number of hydrogen-bond acceptors (Lipinski definition) is 3. The van der Waals surface area contributed by atoms with Crippen LogP contribution in [0.5, 0.6) is 11.5 Å². The average Bonchev–Trinajstić information content (AvgIpc) is 2.37. The van der Waals surface area contributed by atoms with Crippen LogP contribution in [0.3, 0.4) is 0 Å². The van der Waals surface area contributed by atoms with Gasteiger partial charge in [0.2, 0.25) is 0 Å². The Kier molecular flexibility index (Phi) is 5.01. The van der Waals surface area contributed by atoms with Crippen molar-refractivity contribution in [2.45, 2.75) is 19.9 Å². The predicted molar refractivity (Wildman–Crippen MR) is 90.6 cm³/mol. The largest absolute Gasteiger partial charge is 0.508 e. The lowest BCUT2D eigenvalue weighted by Crippen LogP contribution is -2.08. The Morgan fingerprint density at radius 3 is 2.62 bits per heavy atom. The summed E-state index contributed by atoms with van der Waals surface area (Å²) in [5.41, 5.74) is 2.61. The number of nitrogens with one attached hydrogen (secondary N) is 1. The van der Waals surface area contributed by atoms with Crippen LogP contribution in [0.4, 0.5) is 5.69 Å². The van der Waals surface area contributed by atoms with E-state index in [-0.39, 0.29) is 11.8 Å². The topological polar surface area (TPSA) is 41.5 Å². The summed E-state index contributed by atoms with van der Waals surface area (Å²) < 4.78 is 6.16. The maximum Gasteiger partial charge on any atom is 0.156 e. The minimum Gasteiger partial charge on any atom is -0.508 e. The summed E-state index contributed by atoms with van der Waals surface area (Å²) in [6, 6.07) is 9.11. The lowest BCUT2D eigenvalue weighted by atomic mass is 10.0. The van der Waals surface area contributed by atoms with Gasteiger partial charge in [0, 0.05) is 10.6 Å². The number of phenols is 1. The predicted octanol–water partition coefficient (Wildman–Crippen LogP) is 5.30. The number of hydrogen-bond donors (Lipinski definition) is 2. The number of ether oxygens (including phenoxy) is 1. The lowest BCUT2D eigenvalue weighted by Gasteiger charge is -2.20. The van der Waals surface area contributed by atoms with Gasteiger partial charge in [-0.25, -0.2) is 0 Å². The van der Waals surface area contributed by atoms with E-state index >= 15 is 0 Å². The van der Waals surface area contributed by atoms with Crippen molar-refractivity contribution >= 4 is 33.2 Å². The highest BCUT2D eigenvalue weighted by Gasteiger charge is 2.15. The third-order valence-electron chi connectivity index (χ3n) is 3.24. The molecule has 0 saturated carbocycles. The van der Waals surface area contributed by atoms with Crippen LogP contribution in [0.1, 0.15) is 24.1 Å². The Bertz CT molecular complexity index is 661. The third-order valence-corrected chi connectivity index (χ3v) is 4.04. The molecule has 2 aromatic carbocycles. The van der Waals surface area contributed by atoms with Gasteiger partial charge < -0.3 is 15.2 Å². The van der Waals surface area contributed by atoms with Crippen molar-refractivity contribution in [3.05, 3.63) is 51.0 Å². The molecule has 2 aromatic rings. The van der Waals surface area contributed by atoms with E-state index in [4.69, 9.17) is 16.3 Å². The van der Waals surface area contributed by atoms with Crippen LogP contribution >= 0.6 is 27.5 Å². The molecule has 21 heavy (non-hydrogen) atoms. The van der Waals surface area contributed by atoms with Gasteiger partial charge in [0.15, 0.2) is 5.75 Å². The summed E-state index contributed by atoms with van der Waals surface area (Å²) in [4.78, 5) is 0. The monoisotopic (exact) mass is 369 g/mol. The number of rotatable bonds is 4. The molecule has 5 heteroatoms. The smallest absolute Gasteiger partial charge is 0.156 e. The molecule has 2 rings (SSSR count). The molecule has 0 saturated heterocycles. The zero-order valence-corrected chi connectivity index (χ0v) is 14.4. The Hall–Kier alpha value is -1.39. The van der Waals surface area contributed by atoms with Crippen LogP contribution in [-0.2, 0) is 0 Å².